The summed E-state index contributed by atoms with van der Waals surface area (Å²) in [5.74, 6) is -0.896. The minimum absolute atomic E-state index is 0.132. The Morgan fingerprint density at radius 2 is 1.78 bits per heavy atom. The Bertz CT molecular complexity index is 328. The van der Waals surface area contributed by atoms with Crippen LogP contribution < -0.4 is 0 Å². The lowest BCUT2D eigenvalue weighted by molar-refractivity contribution is -0.170. The van der Waals surface area contributed by atoms with Crippen LogP contribution in [0.2, 0.25) is 0 Å². The molecular weight excluding hydrogens is 232 g/mol. The second kappa shape index (κ2) is 6.03. The molecule has 0 aromatic heterocycles. The number of hydrogen-bond acceptors (Lipinski definition) is 4. The van der Waals surface area contributed by atoms with Gasteiger partial charge < -0.3 is 9.47 Å². The topological polar surface area (TPSA) is 52.6 Å². The number of rotatable bonds is 4. The van der Waals surface area contributed by atoms with E-state index >= 15 is 0 Å². The highest BCUT2D eigenvalue weighted by Gasteiger charge is 2.53. The van der Waals surface area contributed by atoms with Crippen LogP contribution in [0.25, 0.3) is 0 Å². The van der Waals surface area contributed by atoms with Crippen molar-refractivity contribution in [1.29, 1.82) is 0 Å². The second-order valence-electron chi connectivity index (χ2n) is 4.66. The van der Waals surface area contributed by atoms with E-state index in [2.05, 4.69) is 6.58 Å². The first kappa shape index (κ1) is 14.7. The molecule has 1 saturated carbocycles. The van der Waals surface area contributed by atoms with Crippen molar-refractivity contribution in [3.05, 3.63) is 12.2 Å². The van der Waals surface area contributed by atoms with Crippen LogP contribution in [0.1, 0.15) is 40.0 Å². The van der Waals surface area contributed by atoms with Crippen molar-refractivity contribution >= 4 is 11.9 Å². The average Bonchev–Trinajstić information content (AvgIpc) is 2.33. The van der Waals surface area contributed by atoms with Crippen molar-refractivity contribution in [3.63, 3.8) is 0 Å². The van der Waals surface area contributed by atoms with E-state index in [0.717, 1.165) is 12.8 Å². The van der Waals surface area contributed by atoms with Crippen LogP contribution in [0, 0.1) is 11.3 Å². The van der Waals surface area contributed by atoms with Crippen LogP contribution in [-0.2, 0) is 19.1 Å². The maximum Gasteiger partial charge on any atom is 0.327 e. The van der Waals surface area contributed by atoms with Crippen molar-refractivity contribution in [2.24, 2.45) is 11.3 Å². The van der Waals surface area contributed by atoms with Crippen LogP contribution in [0.3, 0.4) is 0 Å². The Morgan fingerprint density at radius 3 is 2.22 bits per heavy atom. The molecule has 0 heterocycles. The highest BCUT2D eigenvalue weighted by atomic mass is 16.6. The molecule has 1 aliphatic carbocycles. The molecule has 1 fully saturated rings. The second-order valence-corrected chi connectivity index (χ2v) is 4.66. The van der Waals surface area contributed by atoms with Gasteiger partial charge in [-0.05, 0) is 38.2 Å². The van der Waals surface area contributed by atoms with Gasteiger partial charge in [0.25, 0.3) is 0 Å². The molecule has 0 radical (unpaired) electrons. The Hall–Kier alpha value is -1.32. The summed E-state index contributed by atoms with van der Waals surface area (Å²) < 4.78 is 10.1. The highest BCUT2D eigenvalue weighted by molar-refractivity contribution is 6.03. The van der Waals surface area contributed by atoms with Gasteiger partial charge in [0.05, 0.1) is 13.2 Å². The quantitative estimate of drug-likeness (QED) is 0.439. The lowest BCUT2D eigenvalue weighted by atomic mass is 9.66. The molecule has 1 atom stereocenters. The average molecular weight is 254 g/mol. The molecule has 0 amide bonds. The fraction of sp³-hybridized carbons (Fsp3) is 0.714. The number of hydrogen-bond donors (Lipinski definition) is 0. The predicted molar refractivity (Wildman–Crippen MR) is 67.9 cm³/mol. The zero-order valence-corrected chi connectivity index (χ0v) is 11.5. The zero-order valence-electron chi connectivity index (χ0n) is 11.5. The first-order valence-electron chi connectivity index (χ1n) is 6.54. The van der Waals surface area contributed by atoms with E-state index in [9.17, 15) is 9.59 Å². The van der Waals surface area contributed by atoms with E-state index in [0.29, 0.717) is 12.0 Å². The molecule has 18 heavy (non-hydrogen) atoms. The Balaban J connectivity index is 3.11. The third-order valence-electron chi connectivity index (χ3n) is 3.58. The van der Waals surface area contributed by atoms with Gasteiger partial charge in [-0.15, -0.1) is 0 Å². The summed E-state index contributed by atoms with van der Waals surface area (Å²) >= 11 is 0. The maximum atomic E-state index is 12.2. The summed E-state index contributed by atoms with van der Waals surface area (Å²) in [6, 6.07) is 0. The fourth-order valence-corrected chi connectivity index (χ4v) is 2.49. The van der Waals surface area contributed by atoms with Gasteiger partial charge in [-0.25, -0.2) is 0 Å². The molecule has 0 N–H and O–H groups in total. The number of carbonyl (C=O) groups excluding carboxylic acids is 2. The summed E-state index contributed by atoms with van der Waals surface area (Å²) in [6.07, 6.45) is 2.19. The molecule has 0 aliphatic heterocycles. The minimum Gasteiger partial charge on any atom is -0.465 e. The molecule has 1 aliphatic rings. The molecule has 0 saturated heterocycles. The monoisotopic (exact) mass is 254 g/mol. The van der Waals surface area contributed by atoms with Crippen molar-refractivity contribution in [2.45, 2.75) is 40.0 Å². The molecule has 102 valence electrons. The van der Waals surface area contributed by atoms with E-state index in [1.54, 1.807) is 13.8 Å². The first-order valence-corrected chi connectivity index (χ1v) is 6.54. The van der Waals surface area contributed by atoms with E-state index in [4.69, 9.17) is 9.47 Å². The standard InChI is InChI=1S/C14H22O4/c1-5-17-12(15)14(13(16)18-6-2)9-7-8-10(3)11(14)4/h10H,4-9H2,1-3H3. The van der Waals surface area contributed by atoms with Crippen molar-refractivity contribution in [3.8, 4) is 0 Å². The molecule has 1 unspecified atom stereocenters. The minimum atomic E-state index is -1.29. The van der Waals surface area contributed by atoms with Gasteiger partial charge in [-0.1, -0.05) is 19.9 Å². The molecular formula is C14H22O4. The molecule has 0 spiro atoms. The van der Waals surface area contributed by atoms with Gasteiger partial charge in [0.2, 0.25) is 0 Å². The predicted octanol–water partition coefficient (Wildman–Crippen LogP) is 2.48. The summed E-state index contributed by atoms with van der Waals surface area (Å²) in [4.78, 5) is 24.4. The summed E-state index contributed by atoms with van der Waals surface area (Å²) in [5.41, 5.74) is -0.658. The van der Waals surface area contributed by atoms with Crippen molar-refractivity contribution in [2.75, 3.05) is 13.2 Å². The van der Waals surface area contributed by atoms with E-state index in [1.807, 2.05) is 6.92 Å². The number of esters is 2. The summed E-state index contributed by atoms with van der Waals surface area (Å²) in [5, 5.41) is 0. The molecule has 4 nitrogen and oxygen atoms in total. The highest BCUT2D eigenvalue weighted by Crippen LogP contribution is 2.45. The van der Waals surface area contributed by atoms with Gasteiger partial charge >= 0.3 is 11.9 Å². The molecule has 4 heteroatoms. The van der Waals surface area contributed by atoms with Crippen LogP contribution in [-0.4, -0.2) is 25.2 Å². The maximum absolute atomic E-state index is 12.2. The van der Waals surface area contributed by atoms with Gasteiger partial charge in [0.15, 0.2) is 5.41 Å². The third kappa shape index (κ3) is 2.42. The molecule has 0 aromatic rings. The largest absolute Gasteiger partial charge is 0.465 e. The van der Waals surface area contributed by atoms with Crippen molar-refractivity contribution < 1.29 is 19.1 Å². The normalized spacial score (nSPS) is 22.4. The van der Waals surface area contributed by atoms with Crippen LogP contribution in [0.4, 0.5) is 0 Å². The van der Waals surface area contributed by atoms with Crippen LogP contribution in [0.5, 0.6) is 0 Å². The third-order valence-corrected chi connectivity index (χ3v) is 3.58. The van der Waals surface area contributed by atoms with E-state index < -0.39 is 17.4 Å². The lowest BCUT2D eigenvalue weighted by Crippen LogP contribution is -2.46. The molecule has 0 aromatic carbocycles. The SMILES string of the molecule is C=C1C(C)CCCC1(C(=O)OCC)C(=O)OCC. The molecule has 1 rings (SSSR count). The van der Waals surface area contributed by atoms with Gasteiger partial charge in [-0.2, -0.15) is 0 Å². The Kier molecular flexibility index (Phi) is 4.93. The number of carbonyl (C=O) groups is 2. The Morgan fingerprint density at radius 1 is 1.28 bits per heavy atom. The first-order chi connectivity index (χ1) is 8.50. The fourth-order valence-electron chi connectivity index (χ4n) is 2.49. The van der Waals surface area contributed by atoms with Crippen molar-refractivity contribution in [1.82, 2.24) is 0 Å². The summed E-state index contributed by atoms with van der Waals surface area (Å²) in [7, 11) is 0. The van der Waals surface area contributed by atoms with Crippen LogP contribution >= 0.6 is 0 Å². The molecule has 0 bridgehead atoms. The van der Waals surface area contributed by atoms with Gasteiger partial charge in [0, 0.05) is 0 Å². The lowest BCUT2D eigenvalue weighted by Gasteiger charge is -2.37. The van der Waals surface area contributed by atoms with Gasteiger partial charge in [0.1, 0.15) is 0 Å². The Labute approximate surface area is 108 Å². The van der Waals surface area contributed by atoms with E-state index in [-0.39, 0.29) is 19.1 Å². The zero-order chi connectivity index (χ0) is 13.8. The summed E-state index contributed by atoms with van der Waals surface area (Å²) in [6.45, 7) is 9.89. The van der Waals surface area contributed by atoms with Crippen LogP contribution in [0.15, 0.2) is 12.2 Å². The van der Waals surface area contributed by atoms with E-state index in [1.165, 1.54) is 0 Å². The smallest absolute Gasteiger partial charge is 0.327 e. The van der Waals surface area contributed by atoms with Gasteiger partial charge in [-0.3, -0.25) is 9.59 Å². The number of ether oxygens (including phenoxy) is 2.